The van der Waals surface area contributed by atoms with Gasteiger partial charge in [-0.25, -0.2) is 29.9 Å². The number of nitrogens with one attached hydrogen (secondary N) is 2. The van der Waals surface area contributed by atoms with E-state index >= 15 is 0 Å². The maximum atomic E-state index is 4.45. The summed E-state index contributed by atoms with van der Waals surface area (Å²) in [6, 6.07) is 0. The van der Waals surface area contributed by atoms with Gasteiger partial charge in [-0.2, -0.15) is 0 Å². The summed E-state index contributed by atoms with van der Waals surface area (Å²) in [4.78, 5) is 32.4. The predicted molar refractivity (Wildman–Crippen MR) is 83.2 cm³/mol. The van der Waals surface area contributed by atoms with Crippen LogP contribution in [0.25, 0.3) is 12.2 Å². The van der Waals surface area contributed by atoms with E-state index in [2.05, 4.69) is 39.9 Å². The summed E-state index contributed by atoms with van der Waals surface area (Å²) in [5.74, 6) is 2.34. The molecule has 2 aromatic rings. The average molecular weight is 288 g/mol. The number of nitrogens with zero attached hydrogens (tertiary/aromatic N) is 6. The largest absolute Gasteiger partial charge is 0.341 e. The van der Waals surface area contributed by atoms with E-state index in [-0.39, 0.29) is 0 Å². The Morgan fingerprint density at radius 3 is 2.50 bits per heavy atom. The fourth-order valence-corrected chi connectivity index (χ4v) is 2.34. The number of hydrogen-bond donors (Lipinski definition) is 2. The molecule has 0 amide bonds. The van der Waals surface area contributed by atoms with Crippen molar-refractivity contribution >= 4 is 36.3 Å². The number of rotatable bonds is 0. The van der Waals surface area contributed by atoms with Crippen molar-refractivity contribution in [3.63, 3.8) is 0 Å². The minimum absolute atomic E-state index is 0.549. The Kier molecular flexibility index (Phi) is 2.07. The lowest BCUT2D eigenvalue weighted by molar-refractivity contribution is 1.23. The van der Waals surface area contributed by atoms with Crippen LogP contribution in [0.2, 0.25) is 0 Å². The first-order chi connectivity index (χ1) is 10.8. The zero-order valence-corrected chi connectivity index (χ0v) is 11.1. The minimum atomic E-state index is 0.549. The SMILES string of the molecule is C1=NC2=NC1=Cc1cnc([nH]1)C1=NC(=Cc3c[nH]c2n3)C=N1. The molecule has 2 N–H and O–H groups in total. The van der Waals surface area contributed by atoms with Gasteiger partial charge in [0.1, 0.15) is 0 Å². The predicted octanol–water partition coefficient (Wildman–Crippen LogP) is 1.19. The molecular weight excluding hydrogens is 280 g/mol. The van der Waals surface area contributed by atoms with E-state index in [4.69, 9.17) is 0 Å². The number of imidazole rings is 2. The molecule has 8 nitrogen and oxygen atoms in total. The van der Waals surface area contributed by atoms with Crippen LogP contribution in [0, 0.1) is 0 Å². The van der Waals surface area contributed by atoms with E-state index in [1.165, 1.54) is 0 Å². The number of allylic oxidation sites excluding steroid dienone is 2. The van der Waals surface area contributed by atoms with E-state index in [0.717, 1.165) is 22.8 Å². The Bertz CT molecular complexity index is 896. The van der Waals surface area contributed by atoms with Crippen molar-refractivity contribution in [3.8, 4) is 0 Å². The van der Waals surface area contributed by atoms with Gasteiger partial charge in [0.2, 0.25) is 0 Å². The quantitative estimate of drug-likeness (QED) is 0.759. The van der Waals surface area contributed by atoms with Crippen molar-refractivity contribution < 1.29 is 0 Å². The lowest BCUT2D eigenvalue weighted by Gasteiger charge is -1.92. The van der Waals surface area contributed by atoms with Gasteiger partial charge < -0.3 is 9.97 Å². The van der Waals surface area contributed by atoms with Crippen molar-refractivity contribution in [1.82, 2.24) is 19.9 Å². The van der Waals surface area contributed by atoms with Crippen LogP contribution >= 0.6 is 0 Å². The molecule has 0 saturated heterocycles. The molecule has 0 saturated carbocycles. The highest BCUT2D eigenvalue weighted by molar-refractivity contribution is 6.11. The molecule has 0 fully saturated rings. The second-order valence-electron chi connectivity index (χ2n) is 4.89. The highest BCUT2D eigenvalue weighted by atomic mass is 15.1. The van der Waals surface area contributed by atoms with Crippen LogP contribution in [0.5, 0.6) is 0 Å². The number of fused-ring (bicyclic) bond motifs is 8. The molecule has 0 unspecified atom stereocenters. The van der Waals surface area contributed by atoms with Crippen molar-refractivity contribution in [2.24, 2.45) is 20.0 Å². The lowest BCUT2D eigenvalue weighted by Crippen LogP contribution is -1.97. The van der Waals surface area contributed by atoms with Gasteiger partial charge >= 0.3 is 0 Å². The van der Waals surface area contributed by atoms with Crippen LogP contribution in [-0.4, -0.2) is 44.0 Å². The number of aromatic amines is 2. The molecule has 3 aliphatic heterocycles. The van der Waals surface area contributed by atoms with Crippen LogP contribution < -0.4 is 0 Å². The Balaban J connectivity index is 1.74. The summed E-state index contributed by atoms with van der Waals surface area (Å²) in [5, 5.41) is 0. The summed E-state index contributed by atoms with van der Waals surface area (Å²) in [5.41, 5.74) is 3.01. The summed E-state index contributed by atoms with van der Waals surface area (Å²) in [6.45, 7) is 0. The first kappa shape index (κ1) is 11.3. The van der Waals surface area contributed by atoms with Crippen molar-refractivity contribution in [3.05, 3.63) is 46.8 Å². The maximum Gasteiger partial charge on any atom is 0.196 e. The number of aliphatic imine (C=N–C) groups is 4. The van der Waals surface area contributed by atoms with Crippen LogP contribution in [0.1, 0.15) is 23.0 Å². The molecule has 5 heterocycles. The highest BCUT2D eigenvalue weighted by Gasteiger charge is 2.16. The molecular formula is C14H8N8. The number of aromatic nitrogens is 4. The third-order valence-corrected chi connectivity index (χ3v) is 3.32. The molecule has 0 aliphatic carbocycles. The van der Waals surface area contributed by atoms with Gasteiger partial charge in [0.25, 0.3) is 0 Å². The van der Waals surface area contributed by atoms with Crippen LogP contribution in [0.15, 0.2) is 43.8 Å². The molecule has 0 aromatic carbocycles. The first-order valence-corrected chi connectivity index (χ1v) is 6.64. The maximum absolute atomic E-state index is 4.45. The molecule has 8 heteroatoms. The topological polar surface area (TPSA) is 107 Å². The van der Waals surface area contributed by atoms with Gasteiger partial charge in [-0.3, -0.25) is 0 Å². The molecule has 0 spiro atoms. The molecule has 104 valence electrons. The van der Waals surface area contributed by atoms with Gasteiger partial charge in [0.15, 0.2) is 23.3 Å². The second-order valence-corrected chi connectivity index (χ2v) is 4.89. The molecule has 0 radical (unpaired) electrons. The Morgan fingerprint density at radius 1 is 0.864 bits per heavy atom. The molecule has 8 bridgehead atoms. The normalized spacial score (nSPS) is 17.8. The summed E-state index contributed by atoms with van der Waals surface area (Å²) in [7, 11) is 0. The van der Waals surface area contributed by atoms with Crippen molar-refractivity contribution in [2.75, 3.05) is 0 Å². The zero-order valence-electron chi connectivity index (χ0n) is 11.1. The number of amidine groups is 2. The third-order valence-electron chi connectivity index (χ3n) is 3.32. The van der Waals surface area contributed by atoms with Gasteiger partial charge in [0, 0.05) is 6.20 Å². The Labute approximate surface area is 123 Å². The fraction of sp³-hybridized carbons (Fsp3) is 0. The van der Waals surface area contributed by atoms with Crippen molar-refractivity contribution in [1.29, 1.82) is 0 Å². The van der Waals surface area contributed by atoms with Gasteiger partial charge in [0.05, 0.1) is 41.4 Å². The first-order valence-electron chi connectivity index (χ1n) is 6.64. The standard InChI is InChI=1S/C14H8N8/c1-7-3-15-11(19-7)13-17-5-9(21-13)2-10-6-18-14(22-10)12-16-4-8(1)20-12/h1-6H,(H,15,19)(H,18,22). The molecule has 22 heavy (non-hydrogen) atoms. The minimum Gasteiger partial charge on any atom is -0.341 e. The lowest BCUT2D eigenvalue weighted by atomic mass is 10.3. The molecule has 3 aliphatic rings. The monoisotopic (exact) mass is 288 g/mol. The Morgan fingerprint density at radius 2 is 1.64 bits per heavy atom. The van der Waals surface area contributed by atoms with Gasteiger partial charge in [-0.15, -0.1) is 0 Å². The van der Waals surface area contributed by atoms with E-state index in [9.17, 15) is 0 Å². The molecule has 5 rings (SSSR count). The molecule has 0 atom stereocenters. The highest BCUT2D eigenvalue weighted by Crippen LogP contribution is 2.17. The van der Waals surface area contributed by atoms with Gasteiger partial charge in [-0.1, -0.05) is 0 Å². The van der Waals surface area contributed by atoms with E-state index < -0.39 is 0 Å². The summed E-state index contributed by atoms with van der Waals surface area (Å²) in [6.07, 6.45) is 10.6. The summed E-state index contributed by atoms with van der Waals surface area (Å²) < 4.78 is 0. The average Bonchev–Trinajstić information content (AvgIpc) is 3.24. The van der Waals surface area contributed by atoms with E-state index in [1.807, 2.05) is 12.2 Å². The zero-order chi connectivity index (χ0) is 14.5. The Hall–Kier alpha value is -3.42. The second kappa shape index (κ2) is 4.04. The van der Waals surface area contributed by atoms with E-state index in [1.54, 1.807) is 24.8 Å². The number of hydrogen-bond acceptors (Lipinski definition) is 6. The van der Waals surface area contributed by atoms with Crippen molar-refractivity contribution in [2.45, 2.75) is 0 Å². The van der Waals surface area contributed by atoms with Crippen LogP contribution in [-0.2, 0) is 0 Å². The van der Waals surface area contributed by atoms with Crippen LogP contribution in [0.3, 0.4) is 0 Å². The third kappa shape index (κ3) is 1.71. The summed E-state index contributed by atoms with van der Waals surface area (Å²) >= 11 is 0. The van der Waals surface area contributed by atoms with Crippen LogP contribution in [0.4, 0.5) is 0 Å². The smallest absolute Gasteiger partial charge is 0.196 e. The fourth-order valence-electron chi connectivity index (χ4n) is 2.34. The number of H-pyrrole nitrogens is 2. The van der Waals surface area contributed by atoms with E-state index in [0.29, 0.717) is 23.3 Å². The van der Waals surface area contributed by atoms with Gasteiger partial charge in [-0.05, 0) is 12.2 Å². The molecule has 2 aromatic heterocycles.